The minimum atomic E-state index is -2.24. The van der Waals surface area contributed by atoms with Crippen molar-refractivity contribution in [1.82, 2.24) is 0 Å². The zero-order chi connectivity index (χ0) is 13.1. The quantitative estimate of drug-likeness (QED) is 0.466. The van der Waals surface area contributed by atoms with Crippen molar-refractivity contribution < 1.29 is 0 Å². The average molecular weight is 364 g/mol. The van der Waals surface area contributed by atoms with E-state index in [0.717, 1.165) is 0 Å². The van der Waals surface area contributed by atoms with Gasteiger partial charge in [-0.05, 0) is 0 Å². The van der Waals surface area contributed by atoms with Gasteiger partial charge in [0.15, 0.2) is 0 Å². The Morgan fingerprint density at radius 1 is 1.17 bits per heavy atom. The van der Waals surface area contributed by atoms with Crippen LogP contribution in [-0.4, -0.2) is 22.7 Å². The predicted molar refractivity (Wildman–Crippen MR) is 91.4 cm³/mol. The molecule has 102 valence electrons. The van der Waals surface area contributed by atoms with Crippen LogP contribution in [-0.2, 0) is 0 Å². The molecule has 1 atom stereocenters. The molecule has 1 unspecified atom stereocenters. The fourth-order valence-corrected chi connectivity index (χ4v) is 37.8. The molecule has 2 rings (SSSR count). The van der Waals surface area contributed by atoms with Crippen molar-refractivity contribution in [2.75, 3.05) is 11.5 Å². The molecule has 0 saturated carbocycles. The van der Waals surface area contributed by atoms with Crippen LogP contribution < -0.4 is 0 Å². The minimum absolute atomic E-state index is 0.747. The van der Waals surface area contributed by atoms with Crippen molar-refractivity contribution in [3.8, 4) is 0 Å². The van der Waals surface area contributed by atoms with Crippen molar-refractivity contribution in [1.29, 1.82) is 0 Å². The third-order valence-corrected chi connectivity index (χ3v) is 43.7. The van der Waals surface area contributed by atoms with Crippen LogP contribution in [0.4, 0.5) is 0 Å². The molecule has 0 aromatic heterocycles. The van der Waals surface area contributed by atoms with Crippen molar-refractivity contribution in [3.05, 3.63) is 30.3 Å². The molecular weight excluding hydrogens is 340 g/mol. The predicted octanol–water partition coefficient (Wildman–Crippen LogP) is 6.01. The summed E-state index contributed by atoms with van der Waals surface area (Å²) in [6, 6.07) is 11.2. The summed E-state index contributed by atoms with van der Waals surface area (Å²) in [4.78, 5) is 1.59. The topological polar surface area (TPSA) is 0 Å². The van der Waals surface area contributed by atoms with E-state index in [2.05, 4.69) is 55.0 Å². The van der Waals surface area contributed by atoms with Crippen molar-refractivity contribution in [2.24, 2.45) is 0 Å². The molecule has 4 heteroatoms. The molecule has 0 aliphatic carbocycles. The Morgan fingerprint density at radius 2 is 1.83 bits per heavy atom. The second kappa shape index (κ2) is 6.47. The summed E-state index contributed by atoms with van der Waals surface area (Å²) in [5, 5.41) is 2.52. The van der Waals surface area contributed by atoms with Crippen LogP contribution in [0.25, 0.3) is 0 Å². The van der Waals surface area contributed by atoms with Gasteiger partial charge in [0.05, 0.1) is 0 Å². The number of benzene rings is 1. The summed E-state index contributed by atoms with van der Waals surface area (Å²) in [7, 11) is 8.79. The molecule has 0 N–H and O–H groups in total. The maximum atomic E-state index is 7.28. The van der Waals surface area contributed by atoms with E-state index in [4.69, 9.17) is 10.0 Å². The van der Waals surface area contributed by atoms with Crippen LogP contribution in [0.2, 0.25) is 10.5 Å². The third-order valence-electron chi connectivity index (χ3n) is 3.88. The van der Waals surface area contributed by atoms with Crippen LogP contribution >= 0.6 is 28.2 Å². The van der Waals surface area contributed by atoms with E-state index in [1.807, 2.05) is 0 Å². The van der Waals surface area contributed by atoms with Gasteiger partial charge >= 0.3 is 123 Å². The summed E-state index contributed by atoms with van der Waals surface area (Å²) in [5.74, 6) is 2.71. The van der Waals surface area contributed by atoms with E-state index in [9.17, 15) is 0 Å². The Bertz CT molecular complexity index is 373. The van der Waals surface area contributed by atoms with Gasteiger partial charge < -0.3 is 0 Å². The first kappa shape index (κ1) is 15.1. The first-order valence-corrected chi connectivity index (χ1v) is 18.5. The van der Waals surface area contributed by atoms with Gasteiger partial charge in [0, 0.05) is 0 Å². The van der Waals surface area contributed by atoms with Crippen LogP contribution in [0.3, 0.4) is 0 Å². The Labute approximate surface area is 123 Å². The van der Waals surface area contributed by atoms with Crippen LogP contribution in [0.15, 0.2) is 35.2 Å². The molecular formula is C14H23ClGeS2. The van der Waals surface area contributed by atoms with Crippen molar-refractivity contribution in [2.45, 2.75) is 42.1 Å². The second-order valence-electron chi connectivity index (χ2n) is 4.81. The first-order valence-electron chi connectivity index (χ1n) is 6.87. The first-order chi connectivity index (χ1) is 8.68. The fourth-order valence-electron chi connectivity index (χ4n) is 2.71. The van der Waals surface area contributed by atoms with Gasteiger partial charge in [-0.3, -0.25) is 0 Å². The van der Waals surface area contributed by atoms with Gasteiger partial charge in [0.25, 0.3) is 0 Å². The maximum absolute atomic E-state index is 7.28. The van der Waals surface area contributed by atoms with Gasteiger partial charge in [0.2, 0.25) is 0 Å². The summed E-state index contributed by atoms with van der Waals surface area (Å²) in [6.45, 7) is 4.67. The molecule has 0 amide bonds. The molecule has 0 radical (unpaired) electrons. The zero-order valence-corrected chi connectivity index (χ0v) is 15.8. The third kappa shape index (κ3) is 2.63. The van der Waals surface area contributed by atoms with Gasteiger partial charge in [-0.15, -0.1) is 0 Å². The molecule has 0 nitrogen and oxygen atoms in total. The van der Waals surface area contributed by atoms with Crippen LogP contribution in [0.1, 0.15) is 26.7 Å². The van der Waals surface area contributed by atoms with Gasteiger partial charge in [-0.1, -0.05) is 0 Å². The van der Waals surface area contributed by atoms with Crippen molar-refractivity contribution >= 4 is 39.4 Å². The Morgan fingerprint density at radius 3 is 2.33 bits per heavy atom. The molecule has 1 saturated heterocycles. The average Bonchev–Trinajstić information content (AvgIpc) is 2.48. The summed E-state index contributed by atoms with van der Waals surface area (Å²) < 4.78 is 0. The number of hydrogen-bond acceptors (Lipinski definition) is 1. The van der Waals surface area contributed by atoms with E-state index < -0.39 is 18.6 Å². The van der Waals surface area contributed by atoms with E-state index in [1.165, 1.54) is 34.9 Å². The number of hydrogen-bond donors (Lipinski definition) is 0. The molecule has 18 heavy (non-hydrogen) atoms. The van der Waals surface area contributed by atoms with Crippen molar-refractivity contribution in [3.63, 3.8) is 0 Å². The molecule has 1 heterocycles. The van der Waals surface area contributed by atoms with E-state index in [1.54, 1.807) is 4.90 Å². The van der Waals surface area contributed by atoms with E-state index >= 15 is 0 Å². The van der Waals surface area contributed by atoms with Gasteiger partial charge in [0.1, 0.15) is 0 Å². The summed E-state index contributed by atoms with van der Waals surface area (Å²) in [5.41, 5.74) is 0. The number of rotatable bonds is 4. The molecule has 1 aliphatic rings. The Hall–Kier alpha value is 0.753. The SMILES string of the molecule is C[CH2][Ge]([Cl])([CH2]C)[S]1(c2ccccc2)CCCCS1. The van der Waals surface area contributed by atoms with Gasteiger partial charge in [-0.25, -0.2) is 0 Å². The molecule has 0 spiro atoms. The Kier molecular flexibility index (Phi) is 5.44. The number of halogens is 1. The van der Waals surface area contributed by atoms with E-state index in [0.29, 0.717) is 0 Å². The normalized spacial score (nSPS) is 28.6. The van der Waals surface area contributed by atoms with Crippen LogP contribution in [0.5, 0.6) is 0 Å². The Balaban J connectivity index is 2.47. The summed E-state index contributed by atoms with van der Waals surface area (Å²) in [6.07, 6.45) is 2.77. The molecule has 1 fully saturated rings. The van der Waals surface area contributed by atoms with E-state index in [-0.39, 0.29) is 0 Å². The second-order valence-corrected chi connectivity index (χ2v) is 32.0. The standard InChI is InChI=1S/C14H23ClGeS2/c1-3-16(15,4-2)18(13-9-8-12-17-18)14-10-6-5-7-11-14/h5-7,10-11H,3-4,8-9,12-13H2,1-2H3. The molecule has 0 bridgehead atoms. The molecule has 1 aromatic carbocycles. The zero-order valence-electron chi connectivity index (χ0n) is 11.3. The summed E-state index contributed by atoms with van der Waals surface area (Å²) >= 11 is -2.24. The fraction of sp³-hybridized carbons (Fsp3) is 0.571. The van der Waals surface area contributed by atoms with Gasteiger partial charge in [-0.2, -0.15) is 0 Å². The van der Waals surface area contributed by atoms with Crippen LogP contribution in [0, 0.1) is 0 Å². The monoisotopic (exact) mass is 364 g/mol. The molecule has 1 aromatic rings. The molecule has 1 aliphatic heterocycles.